The zero-order chi connectivity index (χ0) is 12.6. The van der Waals surface area contributed by atoms with Crippen LogP contribution in [0.5, 0.6) is 0 Å². The average Bonchev–Trinajstić information content (AvgIpc) is 2.20. The predicted molar refractivity (Wildman–Crippen MR) is 66.7 cm³/mol. The second-order valence-electron chi connectivity index (χ2n) is 5.82. The van der Waals surface area contributed by atoms with Gasteiger partial charge in [-0.2, -0.15) is 0 Å². The van der Waals surface area contributed by atoms with Gasteiger partial charge in [0.15, 0.2) is 0 Å². The number of ether oxygens (including phenoxy) is 1. The van der Waals surface area contributed by atoms with Gasteiger partial charge >= 0.3 is 0 Å². The average molecular weight is 240 g/mol. The summed E-state index contributed by atoms with van der Waals surface area (Å²) in [5.41, 5.74) is 0.0809. The Bertz CT molecular complexity index is 300. The van der Waals surface area contributed by atoms with Crippen LogP contribution in [0.3, 0.4) is 0 Å². The third-order valence-corrected chi connectivity index (χ3v) is 4.44. The Morgan fingerprint density at radius 1 is 1.47 bits per heavy atom. The molecule has 1 N–H and O–H groups in total. The molecule has 4 heteroatoms. The molecule has 2 unspecified atom stereocenters. The summed E-state index contributed by atoms with van der Waals surface area (Å²) in [6.45, 7) is 8.86. The number of nitrogens with one attached hydrogen (secondary N) is 1. The number of carbonyl (C=O) groups is 1. The van der Waals surface area contributed by atoms with Gasteiger partial charge in [-0.05, 0) is 13.3 Å². The summed E-state index contributed by atoms with van der Waals surface area (Å²) in [4.78, 5) is 14.1. The van der Waals surface area contributed by atoms with Crippen LogP contribution in [-0.2, 0) is 9.53 Å². The normalized spacial score (nSPS) is 31.5. The topological polar surface area (TPSA) is 41.6 Å². The molecule has 0 radical (unpaired) electrons. The lowest BCUT2D eigenvalue weighted by molar-refractivity contribution is -0.167. The minimum atomic E-state index is 0.0809. The standard InChI is InChI=1S/C13H24N2O2/c1-5-17-11-6-10(13(11,2)3)15(4)12(16)9-7-14-8-9/h9-11,14H,5-8H2,1-4H3. The van der Waals surface area contributed by atoms with Crippen LogP contribution in [-0.4, -0.2) is 49.7 Å². The molecule has 2 fully saturated rings. The number of hydrogen-bond acceptors (Lipinski definition) is 3. The fraction of sp³-hybridized carbons (Fsp3) is 0.923. The Morgan fingerprint density at radius 2 is 2.12 bits per heavy atom. The molecule has 2 rings (SSSR count). The Morgan fingerprint density at radius 3 is 2.53 bits per heavy atom. The van der Waals surface area contributed by atoms with Gasteiger partial charge in [0.2, 0.25) is 5.91 Å². The summed E-state index contributed by atoms with van der Waals surface area (Å²) in [6.07, 6.45) is 1.27. The number of amides is 1. The van der Waals surface area contributed by atoms with E-state index in [0.29, 0.717) is 12.1 Å². The van der Waals surface area contributed by atoms with Crippen LogP contribution in [0.15, 0.2) is 0 Å². The molecule has 17 heavy (non-hydrogen) atoms. The van der Waals surface area contributed by atoms with E-state index >= 15 is 0 Å². The first kappa shape index (κ1) is 12.8. The molecule has 1 aliphatic carbocycles. The molecule has 1 aliphatic heterocycles. The molecule has 2 aliphatic rings. The van der Waals surface area contributed by atoms with Crippen molar-refractivity contribution in [3.63, 3.8) is 0 Å². The summed E-state index contributed by atoms with van der Waals surface area (Å²) in [6, 6.07) is 0.326. The molecule has 2 atom stereocenters. The lowest BCUT2D eigenvalue weighted by Crippen LogP contribution is -2.64. The zero-order valence-electron chi connectivity index (χ0n) is 11.3. The summed E-state index contributed by atoms with van der Waals surface area (Å²) in [7, 11) is 1.94. The van der Waals surface area contributed by atoms with Crippen molar-refractivity contribution in [3.05, 3.63) is 0 Å². The Balaban J connectivity index is 1.92. The number of nitrogens with zero attached hydrogens (tertiary/aromatic N) is 1. The van der Waals surface area contributed by atoms with Gasteiger partial charge in [-0.15, -0.1) is 0 Å². The van der Waals surface area contributed by atoms with Crippen LogP contribution in [0.4, 0.5) is 0 Å². The minimum absolute atomic E-state index is 0.0809. The highest BCUT2D eigenvalue weighted by Crippen LogP contribution is 2.45. The third kappa shape index (κ3) is 2.08. The van der Waals surface area contributed by atoms with Crippen LogP contribution in [0.25, 0.3) is 0 Å². The first-order chi connectivity index (χ1) is 7.98. The molecule has 0 aromatic heterocycles. The monoisotopic (exact) mass is 240 g/mol. The lowest BCUT2D eigenvalue weighted by Gasteiger charge is -2.55. The Hall–Kier alpha value is -0.610. The van der Waals surface area contributed by atoms with Crippen LogP contribution in [0.2, 0.25) is 0 Å². The smallest absolute Gasteiger partial charge is 0.228 e. The molecule has 1 saturated carbocycles. The molecule has 0 spiro atoms. The van der Waals surface area contributed by atoms with Crippen molar-refractivity contribution in [1.82, 2.24) is 10.2 Å². The van der Waals surface area contributed by atoms with Gasteiger partial charge < -0.3 is 15.0 Å². The highest BCUT2D eigenvalue weighted by Gasteiger charge is 2.52. The molecule has 0 aromatic carbocycles. The van der Waals surface area contributed by atoms with E-state index in [0.717, 1.165) is 26.1 Å². The number of hydrogen-bond donors (Lipinski definition) is 1. The summed E-state index contributed by atoms with van der Waals surface area (Å²) in [5, 5.41) is 3.15. The molecular formula is C13H24N2O2. The first-order valence-electron chi connectivity index (χ1n) is 6.57. The van der Waals surface area contributed by atoms with Crippen molar-refractivity contribution in [2.45, 2.75) is 39.3 Å². The molecule has 98 valence electrons. The second kappa shape index (κ2) is 4.58. The van der Waals surface area contributed by atoms with Gasteiger partial charge in [0, 0.05) is 38.2 Å². The van der Waals surface area contributed by atoms with Crippen molar-refractivity contribution in [1.29, 1.82) is 0 Å². The quantitative estimate of drug-likeness (QED) is 0.793. The van der Waals surface area contributed by atoms with Crippen molar-refractivity contribution in [2.75, 3.05) is 26.7 Å². The van der Waals surface area contributed by atoms with Gasteiger partial charge in [-0.25, -0.2) is 0 Å². The van der Waals surface area contributed by atoms with Gasteiger partial charge in [0.1, 0.15) is 0 Å². The fourth-order valence-electron chi connectivity index (χ4n) is 2.91. The van der Waals surface area contributed by atoms with Gasteiger partial charge in [0.25, 0.3) is 0 Å². The maximum atomic E-state index is 12.2. The fourth-order valence-corrected chi connectivity index (χ4v) is 2.91. The molecule has 0 bridgehead atoms. The molecule has 1 heterocycles. The molecule has 1 saturated heterocycles. The predicted octanol–water partition coefficient (Wildman–Crippen LogP) is 0.868. The third-order valence-electron chi connectivity index (χ3n) is 4.44. The summed E-state index contributed by atoms with van der Waals surface area (Å²) < 4.78 is 5.70. The maximum Gasteiger partial charge on any atom is 0.228 e. The van der Waals surface area contributed by atoms with Gasteiger partial charge in [0.05, 0.1) is 12.0 Å². The zero-order valence-corrected chi connectivity index (χ0v) is 11.3. The van der Waals surface area contributed by atoms with Crippen molar-refractivity contribution in [2.24, 2.45) is 11.3 Å². The van der Waals surface area contributed by atoms with E-state index in [1.165, 1.54) is 0 Å². The maximum absolute atomic E-state index is 12.2. The highest BCUT2D eigenvalue weighted by atomic mass is 16.5. The number of carbonyl (C=O) groups excluding carboxylic acids is 1. The largest absolute Gasteiger partial charge is 0.378 e. The molecule has 4 nitrogen and oxygen atoms in total. The molecular weight excluding hydrogens is 216 g/mol. The van der Waals surface area contributed by atoms with Gasteiger partial charge in [-0.1, -0.05) is 13.8 Å². The van der Waals surface area contributed by atoms with Crippen LogP contribution >= 0.6 is 0 Å². The van der Waals surface area contributed by atoms with E-state index in [4.69, 9.17) is 4.74 Å². The van der Waals surface area contributed by atoms with Crippen LogP contribution < -0.4 is 5.32 Å². The van der Waals surface area contributed by atoms with Crippen LogP contribution in [0.1, 0.15) is 27.2 Å². The van der Waals surface area contributed by atoms with E-state index in [9.17, 15) is 4.79 Å². The summed E-state index contributed by atoms with van der Waals surface area (Å²) in [5.74, 6) is 0.485. The molecule has 0 aromatic rings. The number of rotatable bonds is 4. The van der Waals surface area contributed by atoms with Crippen molar-refractivity contribution in [3.8, 4) is 0 Å². The van der Waals surface area contributed by atoms with Gasteiger partial charge in [-0.3, -0.25) is 4.79 Å². The van der Waals surface area contributed by atoms with E-state index in [-0.39, 0.29) is 17.2 Å². The van der Waals surface area contributed by atoms with Crippen molar-refractivity contribution >= 4 is 5.91 Å². The van der Waals surface area contributed by atoms with E-state index in [1.54, 1.807) is 0 Å². The minimum Gasteiger partial charge on any atom is -0.378 e. The second-order valence-corrected chi connectivity index (χ2v) is 5.82. The van der Waals surface area contributed by atoms with Crippen LogP contribution in [0, 0.1) is 11.3 Å². The van der Waals surface area contributed by atoms with Crippen molar-refractivity contribution < 1.29 is 9.53 Å². The van der Waals surface area contributed by atoms with E-state index < -0.39 is 0 Å². The summed E-state index contributed by atoms with van der Waals surface area (Å²) >= 11 is 0. The lowest BCUT2D eigenvalue weighted by atomic mass is 9.63. The highest BCUT2D eigenvalue weighted by molar-refractivity contribution is 5.80. The van der Waals surface area contributed by atoms with E-state index in [2.05, 4.69) is 19.2 Å². The Labute approximate surface area is 104 Å². The SMILES string of the molecule is CCOC1CC(N(C)C(=O)C2CNC2)C1(C)C. The van der Waals surface area contributed by atoms with E-state index in [1.807, 2.05) is 18.9 Å². The Kier molecular flexibility index (Phi) is 3.46. The molecule has 1 amide bonds. The first-order valence-corrected chi connectivity index (χ1v) is 6.57.